The van der Waals surface area contributed by atoms with E-state index in [0.29, 0.717) is 44.3 Å². The molecule has 1 amide bonds. The topological polar surface area (TPSA) is 66.9 Å². The van der Waals surface area contributed by atoms with Gasteiger partial charge in [0.2, 0.25) is 15.9 Å². The fourth-order valence-corrected chi connectivity index (χ4v) is 5.83. The van der Waals surface area contributed by atoms with Gasteiger partial charge in [-0.15, -0.1) is 0 Å². The Morgan fingerprint density at radius 3 is 2.12 bits per heavy atom. The van der Waals surface area contributed by atoms with Crippen molar-refractivity contribution < 1.29 is 17.9 Å². The van der Waals surface area contributed by atoms with Crippen molar-refractivity contribution in [1.82, 2.24) is 9.21 Å². The van der Waals surface area contributed by atoms with Crippen LogP contribution in [0.25, 0.3) is 0 Å². The van der Waals surface area contributed by atoms with Gasteiger partial charge in [0.05, 0.1) is 17.4 Å². The van der Waals surface area contributed by atoms with Crippen LogP contribution >= 0.6 is 0 Å². The van der Waals surface area contributed by atoms with E-state index in [1.54, 1.807) is 4.90 Å². The second-order valence-corrected chi connectivity index (χ2v) is 9.25. The van der Waals surface area contributed by atoms with E-state index in [2.05, 4.69) is 0 Å². The molecule has 0 radical (unpaired) electrons. The van der Waals surface area contributed by atoms with E-state index < -0.39 is 10.0 Å². The largest absolute Gasteiger partial charge is 0.381 e. The number of hydrogen-bond donors (Lipinski definition) is 0. The van der Waals surface area contributed by atoms with Gasteiger partial charge in [-0.3, -0.25) is 4.79 Å². The molecule has 2 heterocycles. The van der Waals surface area contributed by atoms with Gasteiger partial charge in [-0.25, -0.2) is 8.42 Å². The summed E-state index contributed by atoms with van der Waals surface area (Å²) in [6, 6.07) is 2.03. The van der Waals surface area contributed by atoms with Gasteiger partial charge in [-0.2, -0.15) is 4.31 Å². The number of carbonyl (C=O) groups is 1. The minimum atomic E-state index is -3.57. The minimum Gasteiger partial charge on any atom is -0.381 e. The monoisotopic (exact) mass is 380 g/mol. The van der Waals surface area contributed by atoms with Crippen LogP contribution in [-0.4, -0.2) is 62.9 Å². The molecule has 0 saturated carbocycles. The molecule has 0 aromatic heterocycles. The number of sulfonamides is 1. The first-order chi connectivity index (χ1) is 12.2. The van der Waals surface area contributed by atoms with Crippen molar-refractivity contribution >= 4 is 15.9 Å². The molecule has 0 bridgehead atoms. The lowest BCUT2D eigenvalue weighted by molar-refractivity contribution is -0.136. The summed E-state index contributed by atoms with van der Waals surface area (Å²) >= 11 is 0. The van der Waals surface area contributed by atoms with Crippen molar-refractivity contribution in [1.29, 1.82) is 0 Å². The second-order valence-electron chi connectivity index (χ2n) is 7.38. The smallest absolute Gasteiger partial charge is 0.243 e. The summed E-state index contributed by atoms with van der Waals surface area (Å²) in [7, 11) is -3.57. The number of piperazine rings is 1. The highest BCUT2D eigenvalue weighted by Crippen LogP contribution is 2.29. The number of hydrogen-bond acceptors (Lipinski definition) is 4. The molecule has 7 heteroatoms. The van der Waals surface area contributed by atoms with E-state index in [9.17, 15) is 13.2 Å². The molecule has 1 aromatic carbocycles. The zero-order valence-corrected chi connectivity index (χ0v) is 16.9. The molecule has 2 aliphatic heterocycles. The number of rotatable bonds is 3. The molecule has 0 spiro atoms. The van der Waals surface area contributed by atoms with Gasteiger partial charge in [0.25, 0.3) is 0 Å². The number of nitrogens with zero attached hydrogens (tertiary/aromatic N) is 2. The number of ether oxygens (including phenoxy) is 1. The van der Waals surface area contributed by atoms with E-state index >= 15 is 0 Å². The minimum absolute atomic E-state index is 0.0675. The summed E-state index contributed by atoms with van der Waals surface area (Å²) in [6.45, 7) is 10.3. The normalized spacial score (nSPS) is 22.0. The van der Waals surface area contributed by atoms with E-state index in [4.69, 9.17) is 4.74 Å². The molecule has 1 aromatic rings. The molecule has 1 unspecified atom stereocenters. The Labute approximate surface area is 156 Å². The standard InChI is InChI=1S/C19H28N2O4S/c1-13-11-14(2)16(4)18(15(13)3)26(23,24)21-8-6-20(7-9-21)19(22)17-5-10-25-12-17/h11,17H,5-10,12H2,1-4H3. The summed E-state index contributed by atoms with van der Waals surface area (Å²) < 4.78 is 33.4. The predicted octanol–water partition coefficient (Wildman–Crippen LogP) is 1.79. The maximum absolute atomic E-state index is 13.3. The molecule has 1 atom stereocenters. The Hall–Kier alpha value is -1.44. The molecule has 6 nitrogen and oxygen atoms in total. The van der Waals surface area contributed by atoms with Crippen molar-refractivity contribution in [2.75, 3.05) is 39.4 Å². The van der Waals surface area contributed by atoms with Crippen molar-refractivity contribution in [3.63, 3.8) is 0 Å². The fourth-order valence-electron chi connectivity index (χ4n) is 3.83. The number of carbonyl (C=O) groups excluding carboxylic acids is 1. The molecule has 0 N–H and O–H groups in total. The summed E-state index contributed by atoms with van der Waals surface area (Å²) in [5.41, 5.74) is 3.60. The number of aryl methyl sites for hydroxylation is 2. The van der Waals surface area contributed by atoms with Gasteiger partial charge < -0.3 is 9.64 Å². The first-order valence-corrected chi connectivity index (χ1v) is 10.6. The van der Waals surface area contributed by atoms with Gasteiger partial charge in [0.15, 0.2) is 0 Å². The predicted molar refractivity (Wildman–Crippen MR) is 99.7 cm³/mol. The molecular weight excluding hydrogens is 352 g/mol. The molecular formula is C19H28N2O4S. The van der Waals surface area contributed by atoms with E-state index in [0.717, 1.165) is 28.7 Å². The van der Waals surface area contributed by atoms with Crippen LogP contribution in [0, 0.1) is 33.6 Å². The Morgan fingerprint density at radius 1 is 1.04 bits per heavy atom. The highest BCUT2D eigenvalue weighted by atomic mass is 32.2. The van der Waals surface area contributed by atoms with Crippen LogP contribution in [0.5, 0.6) is 0 Å². The van der Waals surface area contributed by atoms with Crippen LogP contribution in [0.15, 0.2) is 11.0 Å². The van der Waals surface area contributed by atoms with Crippen LogP contribution in [-0.2, 0) is 19.6 Å². The fraction of sp³-hybridized carbons (Fsp3) is 0.632. The lowest BCUT2D eigenvalue weighted by Gasteiger charge is -2.35. The highest BCUT2D eigenvalue weighted by molar-refractivity contribution is 7.89. The van der Waals surface area contributed by atoms with Crippen molar-refractivity contribution in [2.24, 2.45) is 5.92 Å². The Balaban J connectivity index is 1.78. The molecule has 144 valence electrons. The summed E-state index contributed by atoms with van der Waals surface area (Å²) in [4.78, 5) is 14.7. The third kappa shape index (κ3) is 3.40. The summed E-state index contributed by atoms with van der Waals surface area (Å²) in [5.74, 6) is 0.0281. The van der Waals surface area contributed by atoms with Gasteiger partial charge in [-0.1, -0.05) is 6.07 Å². The van der Waals surface area contributed by atoms with Crippen LogP contribution in [0.3, 0.4) is 0 Å². The van der Waals surface area contributed by atoms with Gasteiger partial charge >= 0.3 is 0 Å². The third-order valence-corrected chi connectivity index (χ3v) is 7.90. The van der Waals surface area contributed by atoms with E-state index in [1.165, 1.54) is 4.31 Å². The average Bonchev–Trinajstić information content (AvgIpc) is 3.14. The average molecular weight is 381 g/mol. The van der Waals surface area contributed by atoms with Gasteiger partial charge in [-0.05, 0) is 56.4 Å². The molecule has 3 rings (SSSR count). The lowest BCUT2D eigenvalue weighted by atomic mass is 10.0. The lowest BCUT2D eigenvalue weighted by Crippen LogP contribution is -2.52. The van der Waals surface area contributed by atoms with Gasteiger partial charge in [0.1, 0.15) is 0 Å². The molecule has 2 aliphatic rings. The van der Waals surface area contributed by atoms with Crippen LogP contribution in [0.4, 0.5) is 0 Å². The van der Waals surface area contributed by atoms with Crippen molar-refractivity contribution in [3.05, 3.63) is 28.3 Å². The van der Waals surface area contributed by atoms with E-state index in [-0.39, 0.29) is 11.8 Å². The van der Waals surface area contributed by atoms with E-state index in [1.807, 2.05) is 33.8 Å². The Kier molecular flexibility index (Phi) is 5.42. The van der Waals surface area contributed by atoms with Crippen LogP contribution in [0.2, 0.25) is 0 Å². The zero-order chi connectivity index (χ0) is 19.1. The maximum Gasteiger partial charge on any atom is 0.243 e. The zero-order valence-electron chi connectivity index (χ0n) is 16.0. The summed E-state index contributed by atoms with van der Waals surface area (Å²) in [5, 5.41) is 0. The number of benzene rings is 1. The molecule has 26 heavy (non-hydrogen) atoms. The van der Waals surface area contributed by atoms with Gasteiger partial charge in [0, 0.05) is 32.8 Å². The highest BCUT2D eigenvalue weighted by Gasteiger charge is 2.35. The number of amides is 1. The Morgan fingerprint density at radius 2 is 1.62 bits per heavy atom. The Bertz CT molecular complexity index is 779. The van der Waals surface area contributed by atoms with Crippen molar-refractivity contribution in [2.45, 2.75) is 39.0 Å². The maximum atomic E-state index is 13.3. The SMILES string of the molecule is Cc1cc(C)c(C)c(S(=O)(=O)N2CCN(C(=O)C3CCOC3)CC2)c1C. The molecule has 0 aliphatic carbocycles. The first-order valence-electron chi connectivity index (χ1n) is 9.17. The quantitative estimate of drug-likeness (QED) is 0.802. The van der Waals surface area contributed by atoms with Crippen LogP contribution in [0.1, 0.15) is 28.7 Å². The summed E-state index contributed by atoms with van der Waals surface area (Å²) in [6.07, 6.45) is 0.762. The van der Waals surface area contributed by atoms with Crippen molar-refractivity contribution in [3.8, 4) is 0 Å². The molecule has 2 fully saturated rings. The molecule has 2 saturated heterocycles. The third-order valence-electron chi connectivity index (χ3n) is 5.72. The second kappa shape index (κ2) is 7.29. The van der Waals surface area contributed by atoms with Crippen LogP contribution < -0.4 is 0 Å². The first kappa shape index (κ1) is 19.3.